The number of hydrogen-bond acceptors (Lipinski definition) is 3. The summed E-state index contributed by atoms with van der Waals surface area (Å²) in [5.74, 6) is 0.483. The van der Waals surface area contributed by atoms with Crippen LogP contribution in [0.3, 0.4) is 0 Å². The lowest BCUT2D eigenvalue weighted by Crippen LogP contribution is -2.37. The number of aryl methyl sites for hydroxylation is 1. The minimum atomic E-state index is -0.149. The summed E-state index contributed by atoms with van der Waals surface area (Å²) in [6.07, 6.45) is 0. The number of guanidine groups is 1. The normalized spacial score (nSPS) is 10.8. The number of carbonyl (C=O) groups excluding carboxylic acids is 1. The van der Waals surface area contributed by atoms with E-state index in [1.807, 2.05) is 43.5 Å². The van der Waals surface area contributed by atoms with Crippen LogP contribution in [-0.2, 0) is 11.3 Å². The topological polar surface area (TPSA) is 65.5 Å². The van der Waals surface area contributed by atoms with Gasteiger partial charge in [-0.3, -0.25) is 4.79 Å². The standard InChI is InChI=1S/C17H21BrN4OS.HI/c1-3-19-17(20-10-14-5-4-8-24-14)21-11-16(23)22-15-9-13(18)7-6-12(15)2;/h4-9H,3,10-11H2,1-2H3,(H,22,23)(H2,19,20,21);1H. The van der Waals surface area contributed by atoms with Crippen LogP contribution in [0, 0.1) is 6.92 Å². The third kappa shape index (κ3) is 7.74. The molecule has 0 aliphatic carbocycles. The summed E-state index contributed by atoms with van der Waals surface area (Å²) in [5, 5.41) is 11.3. The molecule has 0 saturated carbocycles. The summed E-state index contributed by atoms with van der Waals surface area (Å²) >= 11 is 5.09. The number of nitrogens with one attached hydrogen (secondary N) is 3. The summed E-state index contributed by atoms with van der Waals surface area (Å²) < 4.78 is 0.929. The highest BCUT2D eigenvalue weighted by molar-refractivity contribution is 14.0. The van der Waals surface area contributed by atoms with E-state index >= 15 is 0 Å². The lowest BCUT2D eigenvalue weighted by Gasteiger charge is -2.11. The van der Waals surface area contributed by atoms with Gasteiger partial charge in [-0.25, -0.2) is 4.99 Å². The number of benzene rings is 1. The number of halogens is 2. The van der Waals surface area contributed by atoms with Gasteiger partial charge < -0.3 is 16.0 Å². The van der Waals surface area contributed by atoms with Crippen molar-refractivity contribution in [2.24, 2.45) is 4.99 Å². The Morgan fingerprint density at radius 3 is 2.76 bits per heavy atom. The first-order valence-electron chi connectivity index (χ1n) is 7.69. The van der Waals surface area contributed by atoms with E-state index in [1.165, 1.54) is 4.88 Å². The summed E-state index contributed by atoms with van der Waals surface area (Å²) in [6.45, 7) is 5.44. The van der Waals surface area contributed by atoms with Crippen LogP contribution in [0.2, 0.25) is 0 Å². The molecule has 0 saturated heterocycles. The first-order chi connectivity index (χ1) is 11.6. The van der Waals surface area contributed by atoms with Crippen LogP contribution in [0.15, 0.2) is 45.2 Å². The molecule has 0 radical (unpaired) electrons. The smallest absolute Gasteiger partial charge is 0.246 e. The summed E-state index contributed by atoms with van der Waals surface area (Å²) in [4.78, 5) is 17.7. The van der Waals surface area contributed by atoms with Crippen LogP contribution < -0.4 is 16.0 Å². The van der Waals surface area contributed by atoms with Crippen molar-refractivity contribution in [3.05, 3.63) is 50.6 Å². The second-order valence-corrected chi connectivity index (χ2v) is 7.08. The fourth-order valence-corrected chi connectivity index (χ4v) is 3.00. The van der Waals surface area contributed by atoms with Crippen molar-refractivity contribution in [1.29, 1.82) is 0 Å². The molecule has 0 aliphatic rings. The average Bonchev–Trinajstić information content (AvgIpc) is 3.07. The van der Waals surface area contributed by atoms with Crippen LogP contribution in [0.4, 0.5) is 5.69 Å². The Labute approximate surface area is 177 Å². The number of thiophene rings is 1. The molecule has 8 heteroatoms. The van der Waals surface area contributed by atoms with Crippen molar-refractivity contribution in [3.63, 3.8) is 0 Å². The van der Waals surface area contributed by atoms with Crippen LogP contribution in [0.5, 0.6) is 0 Å². The van der Waals surface area contributed by atoms with Gasteiger partial charge in [0.05, 0.1) is 6.54 Å². The SMILES string of the molecule is CCNC(=NCC(=O)Nc1cc(Br)ccc1C)NCc1cccs1.I. The number of rotatable bonds is 6. The quantitative estimate of drug-likeness (QED) is 0.295. The van der Waals surface area contributed by atoms with Crippen molar-refractivity contribution in [2.45, 2.75) is 20.4 Å². The molecule has 136 valence electrons. The molecule has 0 fully saturated rings. The number of anilines is 1. The average molecular weight is 537 g/mol. The maximum Gasteiger partial charge on any atom is 0.246 e. The number of carbonyl (C=O) groups is 1. The molecule has 2 aromatic rings. The van der Waals surface area contributed by atoms with Crippen molar-refractivity contribution < 1.29 is 4.79 Å². The van der Waals surface area contributed by atoms with Crippen LogP contribution in [0.25, 0.3) is 0 Å². The van der Waals surface area contributed by atoms with Gasteiger partial charge in [0.1, 0.15) is 6.54 Å². The molecule has 0 atom stereocenters. The van der Waals surface area contributed by atoms with Gasteiger partial charge >= 0.3 is 0 Å². The lowest BCUT2D eigenvalue weighted by molar-refractivity contribution is -0.114. The number of aliphatic imine (C=N–C) groups is 1. The van der Waals surface area contributed by atoms with Gasteiger partial charge in [-0.1, -0.05) is 28.1 Å². The Hall–Kier alpha value is -1.13. The summed E-state index contributed by atoms with van der Waals surface area (Å²) in [7, 11) is 0. The van der Waals surface area contributed by atoms with Crippen molar-refractivity contribution in [3.8, 4) is 0 Å². The van der Waals surface area contributed by atoms with Gasteiger partial charge in [-0.15, -0.1) is 35.3 Å². The molecular formula is C17H22BrIN4OS. The Bertz CT molecular complexity index is 707. The van der Waals surface area contributed by atoms with E-state index in [-0.39, 0.29) is 36.4 Å². The number of hydrogen-bond donors (Lipinski definition) is 3. The summed E-state index contributed by atoms with van der Waals surface area (Å²) in [5.41, 5.74) is 1.80. The second kappa shape index (κ2) is 11.5. The fraction of sp³-hybridized carbons (Fsp3) is 0.294. The largest absolute Gasteiger partial charge is 0.357 e. The zero-order valence-corrected chi connectivity index (χ0v) is 18.9. The first kappa shape index (κ1) is 21.9. The molecule has 1 heterocycles. The molecule has 5 nitrogen and oxygen atoms in total. The Balaban J connectivity index is 0.00000312. The molecule has 2 rings (SSSR count). The maximum atomic E-state index is 12.1. The molecule has 0 bridgehead atoms. The highest BCUT2D eigenvalue weighted by atomic mass is 127. The van der Waals surface area contributed by atoms with E-state index in [0.29, 0.717) is 12.5 Å². The third-order valence-electron chi connectivity index (χ3n) is 3.21. The molecule has 0 aliphatic heterocycles. The van der Waals surface area contributed by atoms with Crippen LogP contribution in [0.1, 0.15) is 17.4 Å². The highest BCUT2D eigenvalue weighted by Gasteiger charge is 2.06. The highest BCUT2D eigenvalue weighted by Crippen LogP contribution is 2.20. The zero-order valence-electron chi connectivity index (χ0n) is 14.1. The molecule has 1 aromatic carbocycles. The van der Waals surface area contributed by atoms with Gasteiger partial charge in [-0.2, -0.15) is 0 Å². The second-order valence-electron chi connectivity index (χ2n) is 5.14. The molecule has 1 amide bonds. The number of amides is 1. The van der Waals surface area contributed by atoms with Crippen LogP contribution >= 0.6 is 51.2 Å². The first-order valence-corrected chi connectivity index (χ1v) is 9.36. The van der Waals surface area contributed by atoms with Crippen LogP contribution in [-0.4, -0.2) is 25.0 Å². The van der Waals surface area contributed by atoms with Gasteiger partial charge in [0, 0.05) is 21.6 Å². The Morgan fingerprint density at radius 2 is 2.08 bits per heavy atom. The molecule has 0 unspecified atom stereocenters. The molecule has 0 spiro atoms. The van der Waals surface area contributed by atoms with Gasteiger partial charge in [0.2, 0.25) is 5.91 Å². The van der Waals surface area contributed by atoms with E-state index in [4.69, 9.17) is 0 Å². The number of nitrogens with zero attached hydrogens (tertiary/aromatic N) is 1. The summed E-state index contributed by atoms with van der Waals surface area (Å²) in [6, 6.07) is 9.86. The molecule has 1 aromatic heterocycles. The minimum Gasteiger partial charge on any atom is -0.357 e. The monoisotopic (exact) mass is 536 g/mol. The predicted molar refractivity (Wildman–Crippen MR) is 120 cm³/mol. The van der Waals surface area contributed by atoms with E-state index in [2.05, 4.69) is 42.9 Å². The Kier molecular flexibility index (Phi) is 10.1. The van der Waals surface area contributed by atoms with E-state index < -0.39 is 0 Å². The van der Waals surface area contributed by atoms with Crippen molar-refractivity contribution >= 4 is 68.8 Å². The van der Waals surface area contributed by atoms with Gasteiger partial charge in [0.15, 0.2) is 5.96 Å². The van der Waals surface area contributed by atoms with Gasteiger partial charge in [0.25, 0.3) is 0 Å². The molecule has 25 heavy (non-hydrogen) atoms. The maximum absolute atomic E-state index is 12.1. The van der Waals surface area contributed by atoms with Gasteiger partial charge in [-0.05, 0) is 43.0 Å². The predicted octanol–water partition coefficient (Wildman–Crippen LogP) is 4.13. The molecular weight excluding hydrogens is 515 g/mol. The fourth-order valence-electron chi connectivity index (χ4n) is 2.00. The minimum absolute atomic E-state index is 0. The lowest BCUT2D eigenvalue weighted by atomic mass is 10.2. The van der Waals surface area contributed by atoms with E-state index in [0.717, 1.165) is 22.3 Å². The van der Waals surface area contributed by atoms with Crippen molar-refractivity contribution in [2.75, 3.05) is 18.4 Å². The Morgan fingerprint density at radius 1 is 1.28 bits per heavy atom. The van der Waals surface area contributed by atoms with E-state index in [1.54, 1.807) is 11.3 Å². The molecule has 3 N–H and O–H groups in total. The van der Waals surface area contributed by atoms with Crippen molar-refractivity contribution in [1.82, 2.24) is 10.6 Å². The zero-order chi connectivity index (χ0) is 17.4. The third-order valence-corrected chi connectivity index (χ3v) is 4.58. The van der Waals surface area contributed by atoms with E-state index in [9.17, 15) is 4.79 Å².